The van der Waals surface area contributed by atoms with Crippen molar-refractivity contribution in [2.45, 2.75) is 35.2 Å². The van der Waals surface area contributed by atoms with Crippen molar-refractivity contribution in [1.82, 2.24) is 15.2 Å². The van der Waals surface area contributed by atoms with Crippen LogP contribution >= 0.6 is 46.5 Å². The van der Waals surface area contributed by atoms with E-state index in [1.807, 2.05) is 0 Å². The molecule has 7 heteroatoms. The molecule has 23 heavy (non-hydrogen) atoms. The number of rotatable bonds is 5. The van der Waals surface area contributed by atoms with Crippen molar-refractivity contribution >= 4 is 57.4 Å². The monoisotopic (exact) mass is 381 g/mol. The number of nitrogens with zero attached hydrogens (tertiary/aromatic N) is 3. The topological polar surface area (TPSA) is 38.7 Å². The Hall–Kier alpha value is -0.820. The first kappa shape index (κ1) is 17.0. The van der Waals surface area contributed by atoms with E-state index in [2.05, 4.69) is 54.2 Å². The summed E-state index contributed by atoms with van der Waals surface area (Å²) in [6.07, 6.45) is 0. The standard InChI is InChI=1S/C16H16ClN3S3/c1-4-21-15-19-20-16(23-15)22-8-12-7-11-6-5-9(2)10(3)13(11)18-14(12)17/h5-7H,4,8H2,1-3H3. The molecule has 0 N–H and O–H groups in total. The Morgan fingerprint density at radius 2 is 1.87 bits per heavy atom. The number of thioether (sulfide) groups is 2. The van der Waals surface area contributed by atoms with Crippen LogP contribution in [0.3, 0.4) is 0 Å². The van der Waals surface area contributed by atoms with Gasteiger partial charge in [0.15, 0.2) is 8.68 Å². The first-order valence-corrected chi connectivity index (χ1v) is 10.4. The lowest BCUT2D eigenvalue weighted by atomic mass is 10.0. The minimum Gasteiger partial charge on any atom is -0.235 e. The van der Waals surface area contributed by atoms with Gasteiger partial charge in [0.2, 0.25) is 0 Å². The summed E-state index contributed by atoms with van der Waals surface area (Å²) in [7, 11) is 0. The molecule has 0 aliphatic carbocycles. The van der Waals surface area contributed by atoms with E-state index in [1.165, 1.54) is 11.1 Å². The Morgan fingerprint density at radius 3 is 2.61 bits per heavy atom. The molecule has 0 fully saturated rings. The maximum absolute atomic E-state index is 6.39. The van der Waals surface area contributed by atoms with Gasteiger partial charge < -0.3 is 0 Å². The normalized spacial score (nSPS) is 11.3. The van der Waals surface area contributed by atoms with Gasteiger partial charge in [0.25, 0.3) is 0 Å². The third kappa shape index (κ3) is 3.82. The summed E-state index contributed by atoms with van der Waals surface area (Å²) in [6.45, 7) is 6.29. The number of pyridine rings is 1. The fourth-order valence-electron chi connectivity index (χ4n) is 2.18. The summed E-state index contributed by atoms with van der Waals surface area (Å²) >= 11 is 11.4. The van der Waals surface area contributed by atoms with E-state index >= 15 is 0 Å². The van der Waals surface area contributed by atoms with Crippen LogP contribution in [0.15, 0.2) is 26.9 Å². The lowest BCUT2D eigenvalue weighted by Gasteiger charge is -2.08. The quantitative estimate of drug-likeness (QED) is 0.415. The van der Waals surface area contributed by atoms with E-state index < -0.39 is 0 Å². The Balaban J connectivity index is 1.82. The average Bonchev–Trinajstić information content (AvgIpc) is 2.98. The molecule has 1 aromatic carbocycles. The smallest absolute Gasteiger partial charge is 0.175 e. The van der Waals surface area contributed by atoms with Crippen LogP contribution < -0.4 is 0 Å². The number of halogens is 1. The molecule has 2 aromatic heterocycles. The molecular weight excluding hydrogens is 366 g/mol. The van der Waals surface area contributed by atoms with E-state index in [-0.39, 0.29) is 0 Å². The second kappa shape index (κ2) is 7.38. The third-order valence-electron chi connectivity index (χ3n) is 3.54. The van der Waals surface area contributed by atoms with Crippen LogP contribution in [0.1, 0.15) is 23.6 Å². The van der Waals surface area contributed by atoms with Gasteiger partial charge in [-0.15, -0.1) is 10.2 Å². The highest BCUT2D eigenvalue weighted by Gasteiger charge is 2.10. The summed E-state index contributed by atoms with van der Waals surface area (Å²) < 4.78 is 1.99. The van der Waals surface area contributed by atoms with Gasteiger partial charge >= 0.3 is 0 Å². The number of fused-ring (bicyclic) bond motifs is 1. The molecule has 0 atom stereocenters. The SMILES string of the molecule is CCSc1nnc(SCc2cc3ccc(C)c(C)c3nc2Cl)s1. The molecule has 0 saturated carbocycles. The van der Waals surface area contributed by atoms with Crippen LogP contribution in [0, 0.1) is 13.8 Å². The molecule has 0 aliphatic rings. The predicted molar refractivity (Wildman–Crippen MR) is 102 cm³/mol. The molecule has 120 valence electrons. The molecule has 0 unspecified atom stereocenters. The molecule has 0 amide bonds. The summed E-state index contributed by atoms with van der Waals surface area (Å²) in [4.78, 5) is 4.60. The molecule has 0 aliphatic heterocycles. The van der Waals surface area contributed by atoms with Crippen LogP contribution in [0.25, 0.3) is 10.9 Å². The highest BCUT2D eigenvalue weighted by atomic mass is 35.5. The molecule has 0 bridgehead atoms. The summed E-state index contributed by atoms with van der Waals surface area (Å²) in [6, 6.07) is 6.37. The Morgan fingerprint density at radius 1 is 1.13 bits per heavy atom. The Labute approximate surface area is 153 Å². The lowest BCUT2D eigenvalue weighted by Crippen LogP contribution is -1.92. The minimum atomic E-state index is 0.575. The fourth-order valence-corrected chi connectivity index (χ4v) is 5.36. The number of hydrogen-bond acceptors (Lipinski definition) is 6. The van der Waals surface area contributed by atoms with Gasteiger partial charge in [0, 0.05) is 16.7 Å². The van der Waals surface area contributed by atoms with Gasteiger partial charge in [-0.2, -0.15) is 0 Å². The first-order chi connectivity index (χ1) is 11.1. The predicted octanol–water partition coefficient (Wildman–Crippen LogP) is 5.76. The number of aromatic nitrogens is 3. The summed E-state index contributed by atoms with van der Waals surface area (Å²) in [5.41, 5.74) is 4.44. The van der Waals surface area contributed by atoms with Crippen molar-refractivity contribution in [3.05, 3.63) is 40.0 Å². The lowest BCUT2D eigenvalue weighted by molar-refractivity contribution is 0.954. The Kier molecular flexibility index (Phi) is 5.46. The van der Waals surface area contributed by atoms with Gasteiger partial charge in [-0.3, -0.25) is 0 Å². The van der Waals surface area contributed by atoms with Crippen molar-refractivity contribution in [3.8, 4) is 0 Å². The second-order valence-electron chi connectivity index (χ2n) is 5.07. The number of aryl methyl sites for hydroxylation is 2. The Bertz CT molecular complexity index is 848. The van der Waals surface area contributed by atoms with Gasteiger partial charge in [0.05, 0.1) is 5.52 Å². The molecule has 0 saturated heterocycles. The summed E-state index contributed by atoms with van der Waals surface area (Å²) in [5, 5.41) is 10.1. The second-order valence-corrected chi connectivity index (χ2v) is 9.14. The van der Waals surface area contributed by atoms with Gasteiger partial charge in [-0.25, -0.2) is 4.98 Å². The van der Waals surface area contributed by atoms with E-state index in [4.69, 9.17) is 11.6 Å². The fraction of sp³-hybridized carbons (Fsp3) is 0.312. The third-order valence-corrected chi connectivity index (χ3v) is 6.99. The van der Waals surface area contributed by atoms with Crippen LogP contribution in [0.4, 0.5) is 0 Å². The van der Waals surface area contributed by atoms with Crippen LogP contribution in [0.5, 0.6) is 0 Å². The molecule has 3 aromatic rings. The van der Waals surface area contributed by atoms with Crippen molar-refractivity contribution in [3.63, 3.8) is 0 Å². The zero-order chi connectivity index (χ0) is 16.4. The molecular formula is C16H16ClN3S3. The van der Waals surface area contributed by atoms with Crippen LogP contribution in [-0.2, 0) is 5.75 Å². The van der Waals surface area contributed by atoms with Crippen molar-refractivity contribution in [2.24, 2.45) is 0 Å². The van der Waals surface area contributed by atoms with Crippen molar-refractivity contribution in [2.75, 3.05) is 5.75 Å². The number of hydrogen-bond donors (Lipinski definition) is 0. The average molecular weight is 382 g/mol. The maximum Gasteiger partial charge on any atom is 0.175 e. The van der Waals surface area contributed by atoms with E-state index in [0.717, 1.165) is 36.7 Å². The number of benzene rings is 1. The van der Waals surface area contributed by atoms with Gasteiger partial charge in [-0.1, -0.05) is 65.5 Å². The van der Waals surface area contributed by atoms with Crippen molar-refractivity contribution in [1.29, 1.82) is 0 Å². The molecule has 0 radical (unpaired) electrons. The van der Waals surface area contributed by atoms with Crippen LogP contribution in [-0.4, -0.2) is 20.9 Å². The van der Waals surface area contributed by atoms with Gasteiger partial charge in [0.1, 0.15) is 5.15 Å². The van der Waals surface area contributed by atoms with Gasteiger partial charge in [-0.05, 0) is 36.8 Å². The van der Waals surface area contributed by atoms with E-state index in [0.29, 0.717) is 5.15 Å². The molecule has 3 rings (SSSR count). The van der Waals surface area contributed by atoms with Crippen molar-refractivity contribution < 1.29 is 0 Å². The summed E-state index contributed by atoms with van der Waals surface area (Å²) in [5.74, 6) is 1.76. The highest BCUT2D eigenvalue weighted by molar-refractivity contribution is 8.02. The van der Waals surface area contributed by atoms with E-state index in [1.54, 1.807) is 34.9 Å². The zero-order valence-corrected chi connectivity index (χ0v) is 16.3. The minimum absolute atomic E-state index is 0.575. The molecule has 3 nitrogen and oxygen atoms in total. The molecule has 2 heterocycles. The van der Waals surface area contributed by atoms with Crippen LogP contribution in [0.2, 0.25) is 5.15 Å². The zero-order valence-electron chi connectivity index (χ0n) is 13.1. The highest BCUT2D eigenvalue weighted by Crippen LogP contribution is 2.33. The van der Waals surface area contributed by atoms with E-state index in [9.17, 15) is 0 Å². The molecule has 0 spiro atoms. The maximum atomic E-state index is 6.39. The largest absolute Gasteiger partial charge is 0.235 e. The first-order valence-electron chi connectivity index (χ1n) is 7.23.